The number of nitrogens with zero attached hydrogens (tertiary/aromatic N) is 5. The second kappa shape index (κ2) is 7.15. The largest absolute Gasteiger partial charge is 0.356 e. The summed E-state index contributed by atoms with van der Waals surface area (Å²) in [6, 6.07) is 2.25. The van der Waals surface area contributed by atoms with Crippen LogP contribution < -0.4 is 10.2 Å². The summed E-state index contributed by atoms with van der Waals surface area (Å²) in [6.07, 6.45) is 5.56. The Morgan fingerprint density at radius 1 is 1.50 bits per heavy atom. The molecule has 2 aromatic heterocycles. The standard InChI is InChI=1S/C17H26N6O/c1-4-6-12(2)20-16(24)14-7-5-8-22(10-14)15-9-13(3)21-17-18-11-19-23(15)17/h9,11-12,14H,4-8,10H2,1-3H3,(H,20,24)/t12-,14-/m1/s1. The van der Waals surface area contributed by atoms with E-state index < -0.39 is 0 Å². The summed E-state index contributed by atoms with van der Waals surface area (Å²) >= 11 is 0. The van der Waals surface area contributed by atoms with E-state index in [0.717, 1.165) is 43.7 Å². The molecular weight excluding hydrogens is 304 g/mol. The molecule has 1 aliphatic rings. The number of piperidine rings is 1. The molecule has 1 fully saturated rings. The first-order valence-corrected chi connectivity index (χ1v) is 8.81. The number of aromatic nitrogens is 4. The third-order valence-corrected chi connectivity index (χ3v) is 4.59. The number of nitrogens with one attached hydrogen (secondary N) is 1. The number of carbonyl (C=O) groups excluding carboxylic acids is 1. The second-order valence-electron chi connectivity index (χ2n) is 6.71. The lowest BCUT2D eigenvalue weighted by Gasteiger charge is -2.34. The molecule has 0 bridgehead atoms. The predicted octanol–water partition coefficient (Wildman–Crippen LogP) is 1.95. The van der Waals surface area contributed by atoms with Gasteiger partial charge in [-0.25, -0.2) is 4.98 Å². The van der Waals surface area contributed by atoms with E-state index in [4.69, 9.17) is 0 Å². The lowest BCUT2D eigenvalue weighted by molar-refractivity contribution is -0.125. The van der Waals surface area contributed by atoms with Crippen LogP contribution in [0.1, 0.15) is 45.2 Å². The Morgan fingerprint density at radius 3 is 3.12 bits per heavy atom. The van der Waals surface area contributed by atoms with Crippen LogP contribution in [-0.4, -0.2) is 44.6 Å². The number of hydrogen-bond donors (Lipinski definition) is 1. The number of amides is 1. The van der Waals surface area contributed by atoms with E-state index in [2.05, 4.69) is 39.1 Å². The number of fused-ring (bicyclic) bond motifs is 1. The van der Waals surface area contributed by atoms with E-state index >= 15 is 0 Å². The first kappa shape index (κ1) is 16.7. The summed E-state index contributed by atoms with van der Waals surface area (Å²) in [7, 11) is 0. The highest BCUT2D eigenvalue weighted by Gasteiger charge is 2.28. The van der Waals surface area contributed by atoms with Crippen LogP contribution in [-0.2, 0) is 4.79 Å². The molecule has 0 spiro atoms. The Labute approximate surface area is 142 Å². The van der Waals surface area contributed by atoms with Gasteiger partial charge in [0.1, 0.15) is 12.1 Å². The van der Waals surface area contributed by atoms with Gasteiger partial charge < -0.3 is 10.2 Å². The molecule has 24 heavy (non-hydrogen) atoms. The highest BCUT2D eigenvalue weighted by molar-refractivity contribution is 5.79. The molecule has 1 amide bonds. The van der Waals surface area contributed by atoms with Crippen molar-refractivity contribution in [1.82, 2.24) is 24.9 Å². The van der Waals surface area contributed by atoms with E-state index in [1.54, 1.807) is 4.52 Å². The van der Waals surface area contributed by atoms with Crippen LogP contribution >= 0.6 is 0 Å². The molecule has 0 unspecified atom stereocenters. The van der Waals surface area contributed by atoms with Gasteiger partial charge in [-0.1, -0.05) is 13.3 Å². The van der Waals surface area contributed by atoms with Crippen molar-refractivity contribution in [3.63, 3.8) is 0 Å². The summed E-state index contributed by atoms with van der Waals surface area (Å²) in [5, 5.41) is 7.43. The molecule has 1 aliphatic heterocycles. The van der Waals surface area contributed by atoms with Gasteiger partial charge >= 0.3 is 0 Å². The molecule has 130 valence electrons. The van der Waals surface area contributed by atoms with E-state index in [-0.39, 0.29) is 17.9 Å². The number of carbonyl (C=O) groups is 1. The van der Waals surface area contributed by atoms with Gasteiger partial charge in [-0.3, -0.25) is 4.79 Å². The Bertz CT molecular complexity index is 712. The van der Waals surface area contributed by atoms with E-state index in [1.807, 2.05) is 13.0 Å². The molecule has 1 saturated heterocycles. The van der Waals surface area contributed by atoms with Gasteiger partial charge in [0.25, 0.3) is 5.78 Å². The SMILES string of the molecule is CCC[C@@H](C)NC(=O)[C@@H]1CCCN(c2cc(C)nc3ncnn23)C1. The van der Waals surface area contributed by atoms with E-state index in [9.17, 15) is 4.79 Å². The first-order valence-electron chi connectivity index (χ1n) is 8.81. The van der Waals surface area contributed by atoms with Crippen molar-refractivity contribution in [1.29, 1.82) is 0 Å². The molecule has 7 heteroatoms. The smallest absolute Gasteiger partial charge is 0.254 e. The molecule has 3 rings (SSSR count). The zero-order chi connectivity index (χ0) is 17.1. The Kier molecular flexibility index (Phi) is 4.97. The highest BCUT2D eigenvalue weighted by Crippen LogP contribution is 2.24. The van der Waals surface area contributed by atoms with Crippen LogP contribution in [0.3, 0.4) is 0 Å². The van der Waals surface area contributed by atoms with E-state index in [1.165, 1.54) is 6.33 Å². The maximum atomic E-state index is 12.6. The summed E-state index contributed by atoms with van der Waals surface area (Å²) < 4.78 is 1.76. The van der Waals surface area contributed by atoms with Gasteiger partial charge in [0, 0.05) is 30.9 Å². The molecule has 3 heterocycles. The van der Waals surface area contributed by atoms with Gasteiger partial charge in [-0.2, -0.15) is 14.6 Å². The lowest BCUT2D eigenvalue weighted by atomic mass is 9.96. The van der Waals surface area contributed by atoms with Crippen LogP contribution in [0.15, 0.2) is 12.4 Å². The van der Waals surface area contributed by atoms with Gasteiger partial charge in [-0.15, -0.1) is 0 Å². The van der Waals surface area contributed by atoms with Crippen molar-refractivity contribution in [2.24, 2.45) is 5.92 Å². The monoisotopic (exact) mass is 330 g/mol. The minimum atomic E-state index is 0.0186. The third-order valence-electron chi connectivity index (χ3n) is 4.59. The third kappa shape index (κ3) is 3.49. The van der Waals surface area contributed by atoms with Crippen molar-refractivity contribution in [2.75, 3.05) is 18.0 Å². The fourth-order valence-corrected chi connectivity index (χ4v) is 3.40. The maximum Gasteiger partial charge on any atom is 0.254 e. The van der Waals surface area contributed by atoms with Crippen LogP contribution in [0.5, 0.6) is 0 Å². The van der Waals surface area contributed by atoms with Gasteiger partial charge in [0.05, 0.1) is 5.92 Å². The van der Waals surface area contributed by atoms with Gasteiger partial charge in [-0.05, 0) is 33.1 Å². The summed E-state index contributed by atoms with van der Waals surface area (Å²) in [5.41, 5.74) is 0.911. The Hall–Kier alpha value is -2.18. The molecule has 2 atom stereocenters. The van der Waals surface area contributed by atoms with Gasteiger partial charge in [0.2, 0.25) is 5.91 Å². The number of anilines is 1. The van der Waals surface area contributed by atoms with Crippen molar-refractivity contribution in [3.05, 3.63) is 18.1 Å². The molecular formula is C17H26N6O. The number of hydrogen-bond acceptors (Lipinski definition) is 5. The van der Waals surface area contributed by atoms with E-state index in [0.29, 0.717) is 12.3 Å². The highest BCUT2D eigenvalue weighted by atomic mass is 16.2. The molecule has 1 N–H and O–H groups in total. The van der Waals surface area contributed by atoms with Crippen molar-refractivity contribution in [3.8, 4) is 0 Å². The summed E-state index contributed by atoms with van der Waals surface area (Å²) in [6.45, 7) is 7.81. The summed E-state index contributed by atoms with van der Waals surface area (Å²) in [5.74, 6) is 1.76. The van der Waals surface area contributed by atoms with Crippen LogP contribution in [0.2, 0.25) is 0 Å². The van der Waals surface area contributed by atoms with Crippen LogP contribution in [0.25, 0.3) is 5.78 Å². The molecule has 0 aromatic carbocycles. The van der Waals surface area contributed by atoms with Crippen molar-refractivity contribution in [2.45, 2.75) is 52.5 Å². The average molecular weight is 330 g/mol. The minimum Gasteiger partial charge on any atom is -0.356 e. The molecule has 7 nitrogen and oxygen atoms in total. The van der Waals surface area contributed by atoms with Crippen molar-refractivity contribution >= 4 is 17.5 Å². The number of rotatable bonds is 5. The molecule has 0 saturated carbocycles. The van der Waals surface area contributed by atoms with Crippen LogP contribution in [0.4, 0.5) is 5.82 Å². The maximum absolute atomic E-state index is 12.6. The topological polar surface area (TPSA) is 75.4 Å². The Balaban J connectivity index is 1.75. The second-order valence-corrected chi connectivity index (χ2v) is 6.71. The minimum absolute atomic E-state index is 0.0186. The Morgan fingerprint density at radius 2 is 2.33 bits per heavy atom. The lowest BCUT2D eigenvalue weighted by Crippen LogP contribution is -2.45. The van der Waals surface area contributed by atoms with Crippen LogP contribution in [0, 0.1) is 12.8 Å². The van der Waals surface area contributed by atoms with Crippen molar-refractivity contribution < 1.29 is 4.79 Å². The molecule has 2 aromatic rings. The quantitative estimate of drug-likeness (QED) is 0.907. The predicted molar refractivity (Wildman–Crippen MR) is 93.0 cm³/mol. The molecule has 0 aliphatic carbocycles. The average Bonchev–Trinajstić information content (AvgIpc) is 3.02. The van der Waals surface area contributed by atoms with Gasteiger partial charge in [0.15, 0.2) is 0 Å². The first-order chi connectivity index (χ1) is 11.6. The fraction of sp³-hybridized carbons (Fsp3) is 0.647. The zero-order valence-electron chi connectivity index (χ0n) is 14.7. The summed E-state index contributed by atoms with van der Waals surface area (Å²) in [4.78, 5) is 23.4. The number of aryl methyl sites for hydroxylation is 1. The normalized spacial score (nSPS) is 19.5. The zero-order valence-corrected chi connectivity index (χ0v) is 14.7. The fourth-order valence-electron chi connectivity index (χ4n) is 3.40. The molecule has 0 radical (unpaired) electrons.